The summed E-state index contributed by atoms with van der Waals surface area (Å²) in [4.78, 5) is 12.8. The molecule has 0 spiro atoms. The zero-order chi connectivity index (χ0) is 21.0. The molecule has 2 aromatic carbocycles. The van der Waals surface area contributed by atoms with E-state index in [-0.39, 0.29) is 16.7 Å². The van der Waals surface area contributed by atoms with Gasteiger partial charge in [0.15, 0.2) is 0 Å². The van der Waals surface area contributed by atoms with E-state index in [0.29, 0.717) is 38.3 Å². The van der Waals surface area contributed by atoms with Crippen LogP contribution < -0.4 is 10.1 Å². The zero-order valence-electron chi connectivity index (χ0n) is 16.5. The van der Waals surface area contributed by atoms with E-state index in [9.17, 15) is 13.2 Å². The number of hydrogen-bond acceptors (Lipinski definition) is 4. The number of nitrogens with one attached hydrogen (secondary N) is 1. The van der Waals surface area contributed by atoms with Crippen molar-refractivity contribution >= 4 is 37.5 Å². The largest absolute Gasteiger partial charge is 0.494 e. The normalized spacial score (nSPS) is 15.8. The third-order valence-electron chi connectivity index (χ3n) is 5.02. The highest BCUT2D eigenvalue weighted by Crippen LogP contribution is 2.27. The second kappa shape index (κ2) is 9.28. The predicted molar refractivity (Wildman–Crippen MR) is 117 cm³/mol. The van der Waals surface area contributed by atoms with Gasteiger partial charge in [0.2, 0.25) is 15.9 Å². The number of aryl methyl sites for hydroxylation is 1. The van der Waals surface area contributed by atoms with Crippen molar-refractivity contribution in [3.63, 3.8) is 0 Å². The topological polar surface area (TPSA) is 75.7 Å². The summed E-state index contributed by atoms with van der Waals surface area (Å²) in [6, 6.07) is 12.1. The van der Waals surface area contributed by atoms with E-state index in [1.165, 1.54) is 4.31 Å². The summed E-state index contributed by atoms with van der Waals surface area (Å²) in [5, 5.41) is 2.94. The average Bonchev–Trinajstić information content (AvgIpc) is 2.71. The first-order chi connectivity index (χ1) is 13.8. The Labute approximate surface area is 180 Å². The number of carbonyl (C=O) groups excluding carboxylic acids is 1. The van der Waals surface area contributed by atoms with Gasteiger partial charge in [-0.05, 0) is 74.7 Å². The van der Waals surface area contributed by atoms with Crippen LogP contribution in [-0.2, 0) is 14.8 Å². The van der Waals surface area contributed by atoms with Crippen LogP contribution in [0.1, 0.15) is 25.3 Å². The number of piperidine rings is 1. The lowest BCUT2D eigenvalue weighted by atomic mass is 9.97. The highest BCUT2D eigenvalue weighted by atomic mass is 79.9. The molecule has 1 amide bonds. The summed E-state index contributed by atoms with van der Waals surface area (Å²) in [6.07, 6.45) is 0.995. The monoisotopic (exact) mass is 480 g/mol. The van der Waals surface area contributed by atoms with Crippen molar-refractivity contribution in [1.82, 2.24) is 4.31 Å². The lowest BCUT2D eigenvalue weighted by Crippen LogP contribution is -2.41. The minimum Gasteiger partial charge on any atom is -0.494 e. The Hall–Kier alpha value is -1.90. The number of ether oxygens (including phenoxy) is 1. The van der Waals surface area contributed by atoms with Gasteiger partial charge in [0.25, 0.3) is 0 Å². The van der Waals surface area contributed by atoms with E-state index in [2.05, 4.69) is 21.2 Å². The molecule has 0 bridgehead atoms. The lowest BCUT2D eigenvalue weighted by molar-refractivity contribution is -0.120. The first kappa shape index (κ1) is 21.8. The molecule has 156 valence electrons. The van der Waals surface area contributed by atoms with Gasteiger partial charge in [0.05, 0.1) is 11.5 Å². The molecule has 1 N–H and O–H groups in total. The van der Waals surface area contributed by atoms with Crippen LogP contribution in [0.25, 0.3) is 0 Å². The first-order valence-electron chi connectivity index (χ1n) is 9.61. The molecule has 8 heteroatoms. The van der Waals surface area contributed by atoms with Gasteiger partial charge < -0.3 is 10.1 Å². The molecule has 0 saturated carbocycles. The molecule has 0 radical (unpaired) electrons. The second-order valence-corrected chi connectivity index (χ2v) is 9.83. The van der Waals surface area contributed by atoms with Gasteiger partial charge in [-0.25, -0.2) is 8.42 Å². The molecule has 1 saturated heterocycles. The molecule has 0 unspecified atom stereocenters. The van der Waals surface area contributed by atoms with Crippen LogP contribution in [0.15, 0.2) is 51.8 Å². The number of benzene rings is 2. The Morgan fingerprint density at radius 3 is 2.41 bits per heavy atom. The van der Waals surface area contributed by atoms with E-state index in [1.54, 1.807) is 24.3 Å². The number of halogens is 1. The summed E-state index contributed by atoms with van der Waals surface area (Å²) in [5.41, 5.74) is 1.79. The van der Waals surface area contributed by atoms with Gasteiger partial charge in [-0.3, -0.25) is 4.79 Å². The molecule has 2 aromatic rings. The van der Waals surface area contributed by atoms with Crippen molar-refractivity contribution in [2.24, 2.45) is 5.92 Å². The summed E-state index contributed by atoms with van der Waals surface area (Å²) in [7, 11) is -3.57. The lowest BCUT2D eigenvalue weighted by Gasteiger charge is -2.30. The molecule has 0 aromatic heterocycles. The van der Waals surface area contributed by atoms with Crippen molar-refractivity contribution in [1.29, 1.82) is 0 Å². The smallest absolute Gasteiger partial charge is 0.243 e. The number of rotatable bonds is 6. The Bertz CT molecular complexity index is 969. The van der Waals surface area contributed by atoms with E-state index in [4.69, 9.17) is 4.74 Å². The van der Waals surface area contributed by atoms with Gasteiger partial charge in [0.1, 0.15) is 5.75 Å². The number of carbonyl (C=O) groups is 1. The third kappa shape index (κ3) is 5.18. The molecule has 0 atom stereocenters. The number of hydrogen-bond donors (Lipinski definition) is 1. The summed E-state index contributed by atoms with van der Waals surface area (Å²) in [5.74, 6) is 0.376. The first-order valence-corrected chi connectivity index (χ1v) is 11.8. The van der Waals surface area contributed by atoms with Crippen LogP contribution in [0.5, 0.6) is 5.75 Å². The third-order valence-corrected chi connectivity index (χ3v) is 7.83. The van der Waals surface area contributed by atoms with Gasteiger partial charge in [-0.1, -0.05) is 15.9 Å². The van der Waals surface area contributed by atoms with Crippen molar-refractivity contribution in [3.05, 3.63) is 52.5 Å². The summed E-state index contributed by atoms with van der Waals surface area (Å²) >= 11 is 3.45. The molecule has 1 heterocycles. The minimum atomic E-state index is -3.57. The quantitative estimate of drug-likeness (QED) is 0.671. The number of sulfonamides is 1. The number of amides is 1. The molecular weight excluding hydrogens is 456 g/mol. The van der Waals surface area contributed by atoms with Crippen LogP contribution in [-0.4, -0.2) is 38.3 Å². The molecule has 0 aliphatic carbocycles. The SMILES string of the molecule is CCOc1ccc(S(=O)(=O)N2CCC(C(=O)Nc3ccc(Br)c(C)c3)CC2)cc1. The van der Waals surface area contributed by atoms with Gasteiger partial charge in [-0.15, -0.1) is 0 Å². The Kier molecular flexibility index (Phi) is 6.97. The fraction of sp³-hybridized carbons (Fsp3) is 0.381. The van der Waals surface area contributed by atoms with Crippen molar-refractivity contribution in [3.8, 4) is 5.75 Å². The Morgan fingerprint density at radius 1 is 1.17 bits per heavy atom. The zero-order valence-corrected chi connectivity index (χ0v) is 18.9. The highest BCUT2D eigenvalue weighted by molar-refractivity contribution is 9.10. The molecule has 1 fully saturated rings. The number of anilines is 1. The molecule has 1 aliphatic heterocycles. The van der Waals surface area contributed by atoms with Gasteiger partial charge in [-0.2, -0.15) is 4.31 Å². The van der Waals surface area contributed by atoms with Crippen LogP contribution in [0.2, 0.25) is 0 Å². The van der Waals surface area contributed by atoms with E-state index in [1.807, 2.05) is 32.0 Å². The fourth-order valence-electron chi connectivity index (χ4n) is 3.35. The standard InChI is InChI=1S/C21H25BrN2O4S/c1-3-28-18-5-7-19(8-6-18)29(26,27)24-12-10-16(11-13-24)21(25)23-17-4-9-20(22)15(2)14-17/h4-9,14,16H,3,10-13H2,1-2H3,(H,23,25). The highest BCUT2D eigenvalue weighted by Gasteiger charge is 2.32. The number of nitrogens with zero attached hydrogens (tertiary/aromatic N) is 1. The minimum absolute atomic E-state index is 0.0650. The molecule has 1 aliphatic rings. The van der Waals surface area contributed by atoms with Crippen LogP contribution >= 0.6 is 15.9 Å². The van der Waals surface area contributed by atoms with Crippen LogP contribution in [0.4, 0.5) is 5.69 Å². The second-order valence-electron chi connectivity index (χ2n) is 7.04. The average molecular weight is 481 g/mol. The fourth-order valence-corrected chi connectivity index (χ4v) is 5.07. The van der Waals surface area contributed by atoms with Crippen LogP contribution in [0, 0.1) is 12.8 Å². The van der Waals surface area contributed by atoms with Gasteiger partial charge >= 0.3 is 0 Å². The van der Waals surface area contributed by atoms with E-state index >= 15 is 0 Å². The van der Waals surface area contributed by atoms with Crippen molar-refractivity contribution < 1.29 is 17.9 Å². The van der Waals surface area contributed by atoms with Gasteiger partial charge in [0, 0.05) is 29.2 Å². The molecular formula is C21H25BrN2O4S. The Balaban J connectivity index is 1.60. The van der Waals surface area contributed by atoms with E-state index in [0.717, 1.165) is 15.7 Å². The maximum atomic E-state index is 12.9. The van der Waals surface area contributed by atoms with Crippen molar-refractivity contribution in [2.75, 3.05) is 25.0 Å². The molecule has 3 rings (SSSR count). The van der Waals surface area contributed by atoms with E-state index < -0.39 is 10.0 Å². The summed E-state index contributed by atoms with van der Waals surface area (Å²) < 4.78 is 33.6. The molecule has 6 nitrogen and oxygen atoms in total. The van der Waals surface area contributed by atoms with Crippen LogP contribution in [0.3, 0.4) is 0 Å². The maximum Gasteiger partial charge on any atom is 0.243 e. The van der Waals surface area contributed by atoms with Crippen molar-refractivity contribution in [2.45, 2.75) is 31.6 Å². The maximum absolute atomic E-state index is 12.9. The molecule has 29 heavy (non-hydrogen) atoms. The Morgan fingerprint density at radius 2 is 1.83 bits per heavy atom. The predicted octanol–water partition coefficient (Wildman–Crippen LogP) is 4.20. The summed E-state index contributed by atoms with van der Waals surface area (Å²) in [6.45, 7) is 5.02.